The Bertz CT molecular complexity index is 385. The van der Waals surface area contributed by atoms with E-state index in [1.54, 1.807) is 12.1 Å². The minimum atomic E-state index is -0.401. The summed E-state index contributed by atoms with van der Waals surface area (Å²) in [5, 5.41) is 0. The highest BCUT2D eigenvalue weighted by Gasteiger charge is 2.07. The summed E-state index contributed by atoms with van der Waals surface area (Å²) in [6.45, 7) is 2.77. The molecule has 0 saturated heterocycles. The molecule has 1 aromatic rings. The molecule has 14 heavy (non-hydrogen) atoms. The lowest BCUT2D eigenvalue weighted by molar-refractivity contribution is -0.131. The van der Waals surface area contributed by atoms with Gasteiger partial charge in [-0.3, -0.25) is 9.59 Å². The van der Waals surface area contributed by atoms with E-state index in [9.17, 15) is 9.59 Å². The first kappa shape index (κ1) is 10.9. The first-order valence-electron chi connectivity index (χ1n) is 3.99. The van der Waals surface area contributed by atoms with Crippen LogP contribution in [0.5, 0.6) is 5.75 Å². The van der Waals surface area contributed by atoms with Crippen LogP contribution in [0.1, 0.15) is 24.2 Å². The van der Waals surface area contributed by atoms with Gasteiger partial charge in [0.15, 0.2) is 5.78 Å². The molecule has 3 nitrogen and oxygen atoms in total. The van der Waals surface area contributed by atoms with Crippen molar-refractivity contribution in [3.63, 3.8) is 0 Å². The number of Topliss-reactive ketones (excluding diaryl/α,β-unsaturated/α-hetero) is 1. The lowest BCUT2D eigenvalue weighted by Crippen LogP contribution is -2.02. The van der Waals surface area contributed by atoms with E-state index in [0.717, 1.165) is 0 Å². The van der Waals surface area contributed by atoms with Crippen LogP contribution in [0.15, 0.2) is 22.7 Å². The molecule has 0 N–H and O–H groups in total. The third kappa shape index (κ3) is 2.67. The molecule has 1 aromatic carbocycles. The van der Waals surface area contributed by atoms with E-state index in [4.69, 9.17) is 4.74 Å². The van der Waals surface area contributed by atoms with E-state index >= 15 is 0 Å². The van der Waals surface area contributed by atoms with Gasteiger partial charge in [-0.1, -0.05) is 15.9 Å². The van der Waals surface area contributed by atoms with Crippen LogP contribution in [0.25, 0.3) is 0 Å². The van der Waals surface area contributed by atoms with Gasteiger partial charge in [0, 0.05) is 17.0 Å². The van der Waals surface area contributed by atoms with Crippen LogP contribution in [-0.2, 0) is 4.79 Å². The zero-order chi connectivity index (χ0) is 10.7. The van der Waals surface area contributed by atoms with E-state index in [-0.39, 0.29) is 5.78 Å². The zero-order valence-corrected chi connectivity index (χ0v) is 9.42. The molecule has 0 aliphatic heterocycles. The molecule has 0 radical (unpaired) electrons. The molecule has 0 saturated carbocycles. The van der Waals surface area contributed by atoms with Gasteiger partial charge >= 0.3 is 5.97 Å². The van der Waals surface area contributed by atoms with Gasteiger partial charge in [-0.25, -0.2) is 0 Å². The molecule has 4 heteroatoms. The number of esters is 1. The molecule has 74 valence electrons. The molecule has 0 unspecified atom stereocenters. The summed E-state index contributed by atoms with van der Waals surface area (Å²) in [5.41, 5.74) is 0.503. The molecule has 0 atom stereocenters. The van der Waals surface area contributed by atoms with Crippen molar-refractivity contribution in [2.75, 3.05) is 0 Å². The van der Waals surface area contributed by atoms with Gasteiger partial charge < -0.3 is 4.74 Å². The molecule has 0 aromatic heterocycles. The third-order valence-corrected chi connectivity index (χ3v) is 2.27. The summed E-state index contributed by atoms with van der Waals surface area (Å²) >= 11 is 3.24. The predicted octanol–water partition coefficient (Wildman–Crippen LogP) is 2.58. The Morgan fingerprint density at radius 1 is 1.29 bits per heavy atom. The van der Waals surface area contributed by atoms with Crippen LogP contribution in [0.3, 0.4) is 0 Å². The number of hydrogen-bond donors (Lipinski definition) is 0. The smallest absolute Gasteiger partial charge is 0.308 e. The minimum Gasteiger partial charge on any atom is -0.427 e. The van der Waals surface area contributed by atoms with E-state index < -0.39 is 5.97 Å². The fourth-order valence-electron chi connectivity index (χ4n) is 1.00. The molecular weight excluding hydrogens is 248 g/mol. The molecule has 0 heterocycles. The van der Waals surface area contributed by atoms with Gasteiger partial charge in [-0.15, -0.1) is 0 Å². The van der Waals surface area contributed by atoms with Crippen LogP contribution < -0.4 is 4.74 Å². The van der Waals surface area contributed by atoms with Crippen molar-refractivity contribution in [3.05, 3.63) is 28.2 Å². The Hall–Kier alpha value is -1.16. The van der Waals surface area contributed by atoms with Crippen LogP contribution in [0.2, 0.25) is 0 Å². The second-order valence-corrected chi connectivity index (χ2v) is 3.65. The Morgan fingerprint density at radius 3 is 2.43 bits per heavy atom. The van der Waals surface area contributed by atoms with Crippen LogP contribution in [-0.4, -0.2) is 11.8 Å². The molecule has 0 spiro atoms. The van der Waals surface area contributed by atoms with Crippen molar-refractivity contribution >= 4 is 27.7 Å². The van der Waals surface area contributed by atoms with Gasteiger partial charge in [-0.05, 0) is 25.1 Å². The maximum absolute atomic E-state index is 11.1. The van der Waals surface area contributed by atoms with Crippen LogP contribution in [0, 0.1) is 0 Å². The molecular formula is C10H9BrO3. The second kappa shape index (κ2) is 4.37. The zero-order valence-electron chi connectivity index (χ0n) is 7.83. The first-order valence-corrected chi connectivity index (χ1v) is 4.79. The Kier molecular flexibility index (Phi) is 3.41. The molecule has 0 fully saturated rings. The van der Waals surface area contributed by atoms with E-state index in [0.29, 0.717) is 15.8 Å². The summed E-state index contributed by atoms with van der Waals surface area (Å²) in [4.78, 5) is 21.8. The highest BCUT2D eigenvalue weighted by atomic mass is 79.9. The summed E-state index contributed by atoms with van der Waals surface area (Å²) in [5.74, 6) is -0.0985. The summed E-state index contributed by atoms with van der Waals surface area (Å²) < 4.78 is 5.54. The fourth-order valence-corrected chi connectivity index (χ4v) is 1.53. The Morgan fingerprint density at radius 2 is 1.93 bits per heavy atom. The van der Waals surface area contributed by atoms with Crippen molar-refractivity contribution in [1.82, 2.24) is 0 Å². The van der Waals surface area contributed by atoms with E-state index in [2.05, 4.69) is 15.9 Å². The highest BCUT2D eigenvalue weighted by Crippen LogP contribution is 2.23. The molecule has 0 bridgehead atoms. The molecule has 1 rings (SSSR count). The van der Waals surface area contributed by atoms with E-state index in [1.165, 1.54) is 19.9 Å². The summed E-state index contributed by atoms with van der Waals surface area (Å²) in [6.07, 6.45) is 0. The van der Waals surface area contributed by atoms with Crippen LogP contribution >= 0.6 is 15.9 Å². The predicted molar refractivity (Wildman–Crippen MR) is 55.5 cm³/mol. The van der Waals surface area contributed by atoms with Gasteiger partial charge in [0.25, 0.3) is 0 Å². The summed E-state index contributed by atoms with van der Waals surface area (Å²) in [6, 6.07) is 4.83. The number of ether oxygens (including phenoxy) is 1. The lowest BCUT2D eigenvalue weighted by atomic mass is 10.1. The van der Waals surface area contributed by atoms with E-state index in [1.807, 2.05) is 0 Å². The highest BCUT2D eigenvalue weighted by molar-refractivity contribution is 9.10. The fraction of sp³-hybridized carbons (Fsp3) is 0.200. The SMILES string of the molecule is CC(=O)Oc1ccc(Br)c(C(C)=O)c1. The van der Waals surface area contributed by atoms with Crippen molar-refractivity contribution in [2.45, 2.75) is 13.8 Å². The van der Waals surface area contributed by atoms with Crippen molar-refractivity contribution < 1.29 is 14.3 Å². The number of carbonyl (C=O) groups is 2. The number of hydrogen-bond acceptors (Lipinski definition) is 3. The number of halogens is 1. The quantitative estimate of drug-likeness (QED) is 0.464. The van der Waals surface area contributed by atoms with Crippen molar-refractivity contribution in [3.8, 4) is 5.75 Å². The Balaban J connectivity index is 3.06. The standard InChI is InChI=1S/C10H9BrO3/c1-6(12)9-5-8(14-7(2)13)3-4-10(9)11/h3-5H,1-2H3. The summed E-state index contributed by atoms with van der Waals surface area (Å²) in [7, 11) is 0. The maximum atomic E-state index is 11.1. The van der Waals surface area contributed by atoms with Crippen molar-refractivity contribution in [2.24, 2.45) is 0 Å². The van der Waals surface area contributed by atoms with Gasteiger partial charge in [-0.2, -0.15) is 0 Å². The molecule has 0 aliphatic carbocycles. The molecule has 0 aliphatic rings. The van der Waals surface area contributed by atoms with Gasteiger partial charge in [0.2, 0.25) is 0 Å². The first-order chi connectivity index (χ1) is 6.50. The van der Waals surface area contributed by atoms with Gasteiger partial charge in [0.05, 0.1) is 0 Å². The largest absolute Gasteiger partial charge is 0.427 e. The molecule has 0 amide bonds. The second-order valence-electron chi connectivity index (χ2n) is 2.79. The maximum Gasteiger partial charge on any atom is 0.308 e. The number of benzene rings is 1. The number of rotatable bonds is 2. The van der Waals surface area contributed by atoms with Crippen LogP contribution in [0.4, 0.5) is 0 Å². The monoisotopic (exact) mass is 256 g/mol. The lowest BCUT2D eigenvalue weighted by Gasteiger charge is -2.04. The third-order valence-electron chi connectivity index (χ3n) is 1.58. The average molecular weight is 257 g/mol. The minimum absolute atomic E-state index is 0.0779. The van der Waals surface area contributed by atoms with Gasteiger partial charge in [0.1, 0.15) is 5.75 Å². The number of ketones is 1. The van der Waals surface area contributed by atoms with Crippen molar-refractivity contribution in [1.29, 1.82) is 0 Å². The topological polar surface area (TPSA) is 43.4 Å². The normalized spacial score (nSPS) is 9.64. The number of carbonyl (C=O) groups excluding carboxylic acids is 2. The Labute approximate surface area is 90.2 Å². The average Bonchev–Trinajstić information content (AvgIpc) is 2.07.